The van der Waals surface area contributed by atoms with E-state index < -0.39 is 0 Å². The predicted octanol–water partition coefficient (Wildman–Crippen LogP) is 2.42. The van der Waals surface area contributed by atoms with Crippen molar-refractivity contribution in [2.45, 2.75) is 20.4 Å². The maximum atomic E-state index is 13.0. The molecule has 1 aromatic heterocycles. The van der Waals surface area contributed by atoms with Gasteiger partial charge in [0.1, 0.15) is 11.5 Å². The molecular formula is C23H28N6O3. The van der Waals surface area contributed by atoms with Crippen LogP contribution in [-0.4, -0.2) is 75.3 Å². The van der Waals surface area contributed by atoms with Crippen LogP contribution in [0.2, 0.25) is 0 Å². The quantitative estimate of drug-likeness (QED) is 0.536. The Balaban J connectivity index is 1.37. The van der Waals surface area contributed by atoms with Crippen molar-refractivity contribution in [1.82, 2.24) is 30.0 Å². The first kappa shape index (κ1) is 21.8. The van der Waals surface area contributed by atoms with Gasteiger partial charge in [0.25, 0.3) is 5.91 Å². The SMILES string of the molecule is CCOc1ccc(-n2nnnc2CN2CCN(C(=O)c3ccccc3OCC)CC2)cc1. The lowest BCUT2D eigenvalue weighted by molar-refractivity contribution is 0.0620. The van der Waals surface area contributed by atoms with Gasteiger partial charge in [-0.1, -0.05) is 12.1 Å². The smallest absolute Gasteiger partial charge is 0.257 e. The van der Waals surface area contributed by atoms with Crippen molar-refractivity contribution in [2.75, 3.05) is 39.4 Å². The number of rotatable bonds is 8. The number of nitrogens with zero attached hydrogens (tertiary/aromatic N) is 6. The zero-order valence-electron chi connectivity index (χ0n) is 18.5. The van der Waals surface area contributed by atoms with Gasteiger partial charge >= 0.3 is 0 Å². The number of tetrazole rings is 1. The molecule has 2 aromatic carbocycles. The second kappa shape index (κ2) is 10.2. The molecule has 0 aliphatic carbocycles. The molecule has 0 unspecified atom stereocenters. The summed E-state index contributed by atoms with van der Waals surface area (Å²) in [6.07, 6.45) is 0. The maximum Gasteiger partial charge on any atom is 0.257 e. The molecule has 0 bridgehead atoms. The number of hydrogen-bond donors (Lipinski definition) is 0. The van der Waals surface area contributed by atoms with Gasteiger partial charge in [-0.15, -0.1) is 5.10 Å². The molecule has 0 radical (unpaired) electrons. The lowest BCUT2D eigenvalue weighted by Crippen LogP contribution is -2.48. The van der Waals surface area contributed by atoms with Crippen molar-refractivity contribution < 1.29 is 14.3 Å². The molecule has 9 heteroatoms. The van der Waals surface area contributed by atoms with Crippen molar-refractivity contribution in [1.29, 1.82) is 0 Å². The summed E-state index contributed by atoms with van der Waals surface area (Å²) in [5.41, 5.74) is 1.50. The highest BCUT2D eigenvalue weighted by atomic mass is 16.5. The van der Waals surface area contributed by atoms with Crippen LogP contribution in [0.1, 0.15) is 30.0 Å². The van der Waals surface area contributed by atoms with Gasteiger partial charge < -0.3 is 14.4 Å². The van der Waals surface area contributed by atoms with E-state index in [-0.39, 0.29) is 5.91 Å². The molecule has 1 fully saturated rings. The van der Waals surface area contributed by atoms with E-state index in [9.17, 15) is 4.79 Å². The molecule has 2 heterocycles. The zero-order chi connectivity index (χ0) is 22.3. The lowest BCUT2D eigenvalue weighted by Gasteiger charge is -2.34. The highest BCUT2D eigenvalue weighted by Crippen LogP contribution is 2.21. The predicted molar refractivity (Wildman–Crippen MR) is 119 cm³/mol. The molecule has 1 aliphatic heterocycles. The molecule has 0 atom stereocenters. The Morgan fingerprint density at radius 3 is 2.38 bits per heavy atom. The van der Waals surface area contributed by atoms with E-state index in [1.807, 2.05) is 67.3 Å². The summed E-state index contributed by atoms with van der Waals surface area (Å²) in [6, 6.07) is 15.1. The molecule has 32 heavy (non-hydrogen) atoms. The van der Waals surface area contributed by atoms with Gasteiger partial charge in [-0.05, 0) is 60.7 Å². The Hall–Kier alpha value is -3.46. The Kier molecular flexibility index (Phi) is 6.96. The van der Waals surface area contributed by atoms with Crippen molar-refractivity contribution in [3.8, 4) is 17.2 Å². The van der Waals surface area contributed by atoms with Gasteiger partial charge in [0.2, 0.25) is 0 Å². The number of carbonyl (C=O) groups excluding carboxylic acids is 1. The number of benzene rings is 2. The third-order valence-corrected chi connectivity index (χ3v) is 5.37. The van der Waals surface area contributed by atoms with E-state index in [4.69, 9.17) is 9.47 Å². The standard InChI is InChI=1S/C23H28N6O3/c1-3-31-19-11-9-18(10-12-19)29-22(24-25-26-29)17-27-13-15-28(16-14-27)23(30)20-7-5-6-8-21(20)32-4-2/h5-12H,3-4,13-17H2,1-2H3. The first-order valence-corrected chi connectivity index (χ1v) is 10.9. The Morgan fingerprint density at radius 1 is 0.938 bits per heavy atom. The highest BCUT2D eigenvalue weighted by Gasteiger charge is 2.25. The topological polar surface area (TPSA) is 85.6 Å². The number of ether oxygens (including phenoxy) is 2. The molecule has 1 amide bonds. The first-order valence-electron chi connectivity index (χ1n) is 10.9. The third-order valence-electron chi connectivity index (χ3n) is 5.37. The van der Waals surface area contributed by atoms with Crippen molar-refractivity contribution in [2.24, 2.45) is 0 Å². The van der Waals surface area contributed by atoms with E-state index >= 15 is 0 Å². The van der Waals surface area contributed by atoms with Crippen LogP contribution in [0.3, 0.4) is 0 Å². The minimum atomic E-state index is 0.00733. The maximum absolute atomic E-state index is 13.0. The average molecular weight is 437 g/mol. The van der Waals surface area contributed by atoms with Gasteiger partial charge in [0.15, 0.2) is 5.82 Å². The molecule has 1 aliphatic rings. The highest BCUT2D eigenvalue weighted by molar-refractivity contribution is 5.97. The summed E-state index contributed by atoms with van der Waals surface area (Å²) >= 11 is 0. The van der Waals surface area contributed by atoms with Gasteiger partial charge in [0.05, 0.1) is 31.0 Å². The summed E-state index contributed by atoms with van der Waals surface area (Å²) < 4.78 is 12.9. The largest absolute Gasteiger partial charge is 0.494 e. The summed E-state index contributed by atoms with van der Waals surface area (Å²) in [7, 11) is 0. The van der Waals surface area contributed by atoms with Gasteiger partial charge in [0, 0.05) is 26.2 Å². The zero-order valence-corrected chi connectivity index (χ0v) is 18.5. The average Bonchev–Trinajstić information content (AvgIpc) is 3.28. The monoisotopic (exact) mass is 436 g/mol. The molecule has 0 saturated carbocycles. The molecular weight excluding hydrogens is 408 g/mol. The van der Waals surface area contributed by atoms with Crippen LogP contribution in [0, 0.1) is 0 Å². The van der Waals surface area contributed by atoms with Crippen LogP contribution in [0.15, 0.2) is 48.5 Å². The van der Waals surface area contributed by atoms with E-state index in [2.05, 4.69) is 20.4 Å². The second-order valence-corrected chi connectivity index (χ2v) is 7.43. The second-order valence-electron chi connectivity index (χ2n) is 7.43. The Bertz CT molecular complexity index is 1030. The lowest BCUT2D eigenvalue weighted by atomic mass is 10.1. The van der Waals surface area contributed by atoms with Crippen LogP contribution >= 0.6 is 0 Å². The van der Waals surface area contributed by atoms with Crippen molar-refractivity contribution >= 4 is 5.91 Å². The molecule has 0 N–H and O–H groups in total. The Labute approximate surface area is 187 Å². The number of hydrogen-bond acceptors (Lipinski definition) is 7. The van der Waals surface area contributed by atoms with Crippen LogP contribution in [0.5, 0.6) is 11.5 Å². The summed E-state index contributed by atoms with van der Waals surface area (Å²) in [4.78, 5) is 17.2. The van der Waals surface area contributed by atoms with E-state index in [1.165, 1.54) is 0 Å². The van der Waals surface area contributed by atoms with Crippen LogP contribution < -0.4 is 9.47 Å². The van der Waals surface area contributed by atoms with E-state index in [1.54, 1.807) is 4.68 Å². The normalized spacial score (nSPS) is 14.4. The van der Waals surface area contributed by atoms with Gasteiger partial charge in [-0.2, -0.15) is 4.68 Å². The first-order chi connectivity index (χ1) is 15.7. The summed E-state index contributed by atoms with van der Waals surface area (Å²) in [6.45, 7) is 8.42. The molecule has 0 spiro atoms. The van der Waals surface area contributed by atoms with E-state index in [0.29, 0.717) is 44.2 Å². The fraction of sp³-hybridized carbons (Fsp3) is 0.391. The summed E-state index contributed by atoms with van der Waals surface area (Å²) in [5.74, 6) is 2.22. The summed E-state index contributed by atoms with van der Waals surface area (Å²) in [5, 5.41) is 12.2. The van der Waals surface area contributed by atoms with Crippen molar-refractivity contribution in [3.63, 3.8) is 0 Å². The minimum Gasteiger partial charge on any atom is -0.494 e. The molecule has 168 valence electrons. The van der Waals surface area contributed by atoms with Crippen molar-refractivity contribution in [3.05, 3.63) is 59.9 Å². The molecule has 3 aromatic rings. The molecule has 1 saturated heterocycles. The van der Waals surface area contributed by atoms with Crippen LogP contribution in [-0.2, 0) is 6.54 Å². The Morgan fingerprint density at radius 2 is 1.66 bits per heavy atom. The molecule has 9 nitrogen and oxygen atoms in total. The number of aromatic nitrogens is 4. The van der Waals surface area contributed by atoms with Crippen LogP contribution in [0.4, 0.5) is 0 Å². The van der Waals surface area contributed by atoms with Crippen LogP contribution in [0.25, 0.3) is 5.69 Å². The third kappa shape index (κ3) is 4.88. The number of piperazine rings is 1. The number of para-hydroxylation sites is 1. The fourth-order valence-electron chi connectivity index (χ4n) is 3.76. The van der Waals surface area contributed by atoms with Gasteiger partial charge in [-0.25, -0.2) is 0 Å². The fourth-order valence-corrected chi connectivity index (χ4v) is 3.76. The van der Waals surface area contributed by atoms with E-state index in [0.717, 1.165) is 30.4 Å². The van der Waals surface area contributed by atoms with Gasteiger partial charge in [-0.3, -0.25) is 9.69 Å². The molecule has 4 rings (SSSR count). The minimum absolute atomic E-state index is 0.00733. The number of amides is 1. The number of carbonyl (C=O) groups is 1.